The maximum atomic E-state index is 13.6. The van der Waals surface area contributed by atoms with E-state index in [2.05, 4.69) is 43.8 Å². The minimum atomic E-state index is -0.693. The number of hydrogen-bond donors (Lipinski definition) is 4. The number of carbonyl (C=O) groups excluding carboxylic acids is 4. The Hall–Kier alpha value is -5.40. The van der Waals surface area contributed by atoms with Gasteiger partial charge in [0.1, 0.15) is 23.7 Å². The van der Waals surface area contributed by atoms with E-state index in [1.165, 1.54) is 14.2 Å². The Kier molecular flexibility index (Phi) is 10.8. The van der Waals surface area contributed by atoms with Crippen LogP contribution in [0.15, 0.2) is 48.7 Å². The topological polar surface area (TPSA) is 175 Å². The lowest BCUT2D eigenvalue weighted by molar-refractivity contribution is -0.136. The first kappa shape index (κ1) is 36.4. The SMILES string of the molecule is COC(=O)N[C@H](C(=O)N1CCC[C@@H]1c1ncc(-c2ccc(-c3ccc4nc([C@@H]5CCCN5C(=O)[C@@H](NC(=O)OC)C(C)C)[nH]c4c3)cc2)[nH]1)C(C)C. The van der Waals surface area contributed by atoms with Crippen molar-refractivity contribution in [1.29, 1.82) is 0 Å². The highest BCUT2D eigenvalue weighted by Crippen LogP contribution is 2.35. The fraction of sp³-hybridized carbons (Fsp3) is 0.474. The second-order valence-electron chi connectivity index (χ2n) is 14.2. The molecule has 2 saturated heterocycles. The molecule has 2 aromatic carbocycles. The van der Waals surface area contributed by atoms with Gasteiger partial charge in [-0.2, -0.15) is 0 Å². The fourth-order valence-electron chi connectivity index (χ4n) is 7.25. The summed E-state index contributed by atoms with van der Waals surface area (Å²) in [5.41, 5.74) is 5.54. The summed E-state index contributed by atoms with van der Waals surface area (Å²) in [6.07, 6.45) is 3.78. The number of imidazole rings is 2. The van der Waals surface area contributed by atoms with Crippen molar-refractivity contribution in [2.24, 2.45) is 11.8 Å². The minimum Gasteiger partial charge on any atom is -0.453 e. The number of methoxy groups -OCH3 is 2. The lowest BCUT2D eigenvalue weighted by atomic mass is 10.0. The van der Waals surface area contributed by atoms with Gasteiger partial charge >= 0.3 is 12.2 Å². The quantitative estimate of drug-likeness (QED) is 0.162. The summed E-state index contributed by atoms with van der Waals surface area (Å²) in [6.45, 7) is 8.77. The number of amides is 4. The number of carbonyl (C=O) groups is 4. The number of nitrogens with zero attached hydrogens (tertiary/aromatic N) is 4. The molecular weight excluding hydrogens is 664 g/mol. The Bertz CT molecular complexity index is 1920. The third-order valence-corrected chi connectivity index (χ3v) is 10.1. The van der Waals surface area contributed by atoms with Gasteiger partial charge in [-0.1, -0.05) is 58.0 Å². The Morgan fingerprint density at radius 2 is 1.25 bits per heavy atom. The van der Waals surface area contributed by atoms with Crippen molar-refractivity contribution in [3.05, 3.63) is 60.3 Å². The van der Waals surface area contributed by atoms with Crippen LogP contribution >= 0.6 is 0 Å². The third-order valence-electron chi connectivity index (χ3n) is 10.1. The van der Waals surface area contributed by atoms with E-state index in [0.29, 0.717) is 18.9 Å². The van der Waals surface area contributed by atoms with Gasteiger partial charge in [0.2, 0.25) is 11.8 Å². The van der Waals surface area contributed by atoms with Crippen molar-refractivity contribution < 1.29 is 28.7 Å². The van der Waals surface area contributed by atoms with Crippen molar-refractivity contribution >= 4 is 35.0 Å². The number of aromatic nitrogens is 4. The fourth-order valence-corrected chi connectivity index (χ4v) is 7.25. The molecule has 276 valence electrons. The van der Waals surface area contributed by atoms with Crippen molar-refractivity contribution in [3.8, 4) is 22.4 Å². The second kappa shape index (κ2) is 15.5. The van der Waals surface area contributed by atoms with Gasteiger partial charge in [0, 0.05) is 13.1 Å². The number of likely N-dealkylation sites (tertiary alicyclic amines) is 2. The summed E-state index contributed by atoms with van der Waals surface area (Å²) >= 11 is 0. The molecule has 4 heterocycles. The van der Waals surface area contributed by atoms with Gasteiger partial charge in [-0.3, -0.25) is 9.59 Å². The van der Waals surface area contributed by atoms with Crippen LogP contribution in [0.4, 0.5) is 9.59 Å². The van der Waals surface area contributed by atoms with E-state index < -0.39 is 24.3 Å². The molecule has 4 N–H and O–H groups in total. The Morgan fingerprint density at radius 1 is 0.731 bits per heavy atom. The number of benzene rings is 2. The molecule has 4 amide bonds. The van der Waals surface area contributed by atoms with E-state index in [-0.39, 0.29) is 35.7 Å². The van der Waals surface area contributed by atoms with Gasteiger partial charge in [-0.25, -0.2) is 19.6 Å². The van der Waals surface area contributed by atoms with Gasteiger partial charge < -0.3 is 39.9 Å². The first-order valence-corrected chi connectivity index (χ1v) is 17.9. The van der Waals surface area contributed by atoms with Crippen LogP contribution < -0.4 is 10.6 Å². The molecule has 2 aliphatic rings. The summed E-state index contributed by atoms with van der Waals surface area (Å²) in [5.74, 6) is 0.938. The normalized spacial score (nSPS) is 18.5. The maximum Gasteiger partial charge on any atom is 0.407 e. The van der Waals surface area contributed by atoms with Crippen LogP contribution in [-0.2, 0) is 19.1 Å². The van der Waals surface area contributed by atoms with Crippen LogP contribution in [0.5, 0.6) is 0 Å². The monoisotopic (exact) mass is 712 g/mol. The molecule has 14 heteroatoms. The average molecular weight is 713 g/mol. The molecule has 0 saturated carbocycles. The molecule has 52 heavy (non-hydrogen) atoms. The molecule has 2 aliphatic heterocycles. The first-order chi connectivity index (χ1) is 25.0. The number of ether oxygens (including phenoxy) is 2. The molecule has 6 rings (SSSR count). The van der Waals surface area contributed by atoms with Crippen LogP contribution in [0.3, 0.4) is 0 Å². The molecule has 0 unspecified atom stereocenters. The zero-order valence-corrected chi connectivity index (χ0v) is 30.6. The molecule has 0 bridgehead atoms. The third kappa shape index (κ3) is 7.46. The average Bonchev–Trinajstić information content (AvgIpc) is 3.97. The summed E-state index contributed by atoms with van der Waals surface area (Å²) in [5, 5.41) is 5.39. The summed E-state index contributed by atoms with van der Waals surface area (Å²) < 4.78 is 9.51. The Balaban J connectivity index is 1.16. The van der Waals surface area contributed by atoms with Gasteiger partial charge in [-0.05, 0) is 66.3 Å². The lowest BCUT2D eigenvalue weighted by Gasteiger charge is -2.30. The minimum absolute atomic E-state index is 0.108. The number of fused-ring (bicyclic) bond motifs is 1. The zero-order valence-electron chi connectivity index (χ0n) is 30.6. The number of nitrogens with one attached hydrogen (secondary N) is 4. The number of aromatic amines is 2. The van der Waals surface area contributed by atoms with E-state index in [9.17, 15) is 19.2 Å². The molecule has 14 nitrogen and oxygen atoms in total. The van der Waals surface area contributed by atoms with Crippen LogP contribution in [0.1, 0.15) is 77.1 Å². The highest BCUT2D eigenvalue weighted by molar-refractivity contribution is 5.88. The van der Waals surface area contributed by atoms with Crippen LogP contribution in [0.2, 0.25) is 0 Å². The Morgan fingerprint density at radius 3 is 1.79 bits per heavy atom. The maximum absolute atomic E-state index is 13.6. The van der Waals surface area contributed by atoms with Crippen molar-refractivity contribution in [2.75, 3.05) is 27.3 Å². The van der Waals surface area contributed by atoms with Gasteiger partial charge in [0.15, 0.2) is 0 Å². The molecule has 0 radical (unpaired) electrons. The number of hydrogen-bond acceptors (Lipinski definition) is 8. The van der Waals surface area contributed by atoms with Crippen molar-refractivity contribution in [3.63, 3.8) is 0 Å². The summed E-state index contributed by atoms with van der Waals surface area (Å²) in [4.78, 5) is 71.0. The van der Waals surface area contributed by atoms with Crippen LogP contribution in [0, 0.1) is 11.8 Å². The van der Waals surface area contributed by atoms with E-state index in [4.69, 9.17) is 14.5 Å². The van der Waals surface area contributed by atoms with Crippen LogP contribution in [0.25, 0.3) is 33.4 Å². The lowest BCUT2D eigenvalue weighted by Crippen LogP contribution is -2.51. The highest BCUT2D eigenvalue weighted by Gasteiger charge is 2.39. The van der Waals surface area contributed by atoms with Gasteiger partial charge in [-0.15, -0.1) is 0 Å². The Labute approximate surface area is 303 Å². The number of H-pyrrole nitrogens is 2. The van der Waals surface area contributed by atoms with E-state index >= 15 is 0 Å². The molecule has 0 aliphatic carbocycles. The van der Waals surface area contributed by atoms with E-state index in [0.717, 1.165) is 64.9 Å². The van der Waals surface area contributed by atoms with E-state index in [1.807, 2.05) is 56.9 Å². The zero-order chi connectivity index (χ0) is 37.1. The largest absolute Gasteiger partial charge is 0.453 e. The summed E-state index contributed by atoms with van der Waals surface area (Å²) in [6, 6.07) is 12.5. The molecule has 4 atom stereocenters. The van der Waals surface area contributed by atoms with E-state index in [1.54, 1.807) is 11.1 Å². The van der Waals surface area contributed by atoms with Crippen LogP contribution in [-0.4, -0.2) is 93.1 Å². The number of rotatable bonds is 10. The standard InChI is InChI=1S/C38H48N8O6/c1-21(2)31(43-37(49)51-5)35(47)45-17-7-9-29(45)33-39-20-28(42-33)24-13-11-23(12-14-24)25-15-16-26-27(19-25)41-34(40-26)30-10-8-18-46(30)36(48)32(22(3)4)44-38(50)52-6/h11-16,19-22,29-32H,7-10,17-18H2,1-6H3,(H,39,42)(H,40,41)(H,43,49)(H,44,50)/t29-,30+,31+,32+/m1/s1. The molecular formula is C38H48N8O6. The predicted octanol–water partition coefficient (Wildman–Crippen LogP) is 5.71. The predicted molar refractivity (Wildman–Crippen MR) is 195 cm³/mol. The van der Waals surface area contributed by atoms with Crippen molar-refractivity contribution in [2.45, 2.75) is 77.5 Å². The molecule has 4 aromatic rings. The molecule has 2 aromatic heterocycles. The second-order valence-corrected chi connectivity index (χ2v) is 14.2. The molecule has 0 spiro atoms. The van der Waals surface area contributed by atoms with Crippen molar-refractivity contribution in [1.82, 2.24) is 40.4 Å². The first-order valence-electron chi connectivity index (χ1n) is 17.9. The van der Waals surface area contributed by atoms with Gasteiger partial charge in [0.05, 0.1) is 49.2 Å². The highest BCUT2D eigenvalue weighted by atomic mass is 16.5. The van der Waals surface area contributed by atoms with Gasteiger partial charge in [0.25, 0.3) is 0 Å². The molecule has 2 fully saturated rings. The smallest absolute Gasteiger partial charge is 0.407 e. The number of alkyl carbamates (subject to hydrolysis) is 2. The summed E-state index contributed by atoms with van der Waals surface area (Å²) in [7, 11) is 2.57.